The summed E-state index contributed by atoms with van der Waals surface area (Å²) < 4.78 is 11.9. The highest BCUT2D eigenvalue weighted by molar-refractivity contribution is 14.1. The zero-order valence-electron chi connectivity index (χ0n) is 9.37. The van der Waals surface area contributed by atoms with Crippen LogP contribution in [0, 0.1) is 0 Å². The van der Waals surface area contributed by atoms with Gasteiger partial charge in [-0.05, 0) is 31.5 Å². The molecule has 0 spiro atoms. The van der Waals surface area contributed by atoms with Gasteiger partial charge in [-0.2, -0.15) is 0 Å². The van der Waals surface area contributed by atoms with Crippen molar-refractivity contribution in [3.8, 4) is 5.75 Å². The van der Waals surface area contributed by atoms with E-state index in [2.05, 4.69) is 48.6 Å². The van der Waals surface area contributed by atoms with Crippen LogP contribution in [0.2, 0.25) is 0 Å². The van der Waals surface area contributed by atoms with Gasteiger partial charge in [-0.15, -0.1) is 0 Å². The number of alkyl halides is 1. The first-order valence-corrected chi connectivity index (χ1v) is 6.55. The Kier molecular flexibility index (Phi) is 5.39. The molecule has 84 valence electrons. The lowest BCUT2D eigenvalue weighted by Gasteiger charge is -2.18. The second-order valence-electron chi connectivity index (χ2n) is 3.60. The van der Waals surface area contributed by atoms with E-state index in [0.717, 1.165) is 10.2 Å². The molecule has 0 radical (unpaired) electrons. The van der Waals surface area contributed by atoms with Crippen molar-refractivity contribution in [1.82, 2.24) is 0 Å². The van der Waals surface area contributed by atoms with E-state index in [9.17, 15) is 0 Å². The molecule has 0 N–H and O–H groups in total. The molecule has 1 aromatic rings. The van der Waals surface area contributed by atoms with Crippen LogP contribution in [0.1, 0.15) is 25.5 Å². The summed E-state index contributed by atoms with van der Waals surface area (Å²) in [6.45, 7) is 4.12. The van der Waals surface area contributed by atoms with Crippen LogP contribution < -0.4 is 4.74 Å². The summed E-state index contributed by atoms with van der Waals surface area (Å²) >= 11 is 2.35. The molecule has 1 unspecified atom stereocenters. The predicted molar refractivity (Wildman–Crippen MR) is 70.8 cm³/mol. The number of benzene rings is 1. The Morgan fingerprint density at radius 1 is 1.20 bits per heavy atom. The average molecular weight is 320 g/mol. The van der Waals surface area contributed by atoms with E-state index >= 15 is 0 Å². The number of methoxy groups -OCH3 is 1. The van der Waals surface area contributed by atoms with E-state index in [1.54, 1.807) is 7.11 Å². The molecule has 0 aliphatic heterocycles. The number of hydrogen-bond donors (Lipinski definition) is 0. The van der Waals surface area contributed by atoms with E-state index in [0.29, 0.717) is 0 Å². The first-order chi connectivity index (χ1) is 7.17. The lowest BCUT2D eigenvalue weighted by atomic mass is 10.1. The molecule has 15 heavy (non-hydrogen) atoms. The van der Waals surface area contributed by atoms with Gasteiger partial charge in [-0.25, -0.2) is 0 Å². The van der Waals surface area contributed by atoms with Gasteiger partial charge in [0.05, 0.1) is 19.3 Å². The van der Waals surface area contributed by atoms with Crippen molar-refractivity contribution in [2.75, 3.05) is 11.5 Å². The predicted octanol–water partition coefficient (Wildman–Crippen LogP) is 3.60. The number of ether oxygens (including phenoxy) is 2. The first-order valence-electron chi connectivity index (χ1n) is 5.02. The maximum Gasteiger partial charge on any atom is 0.118 e. The van der Waals surface area contributed by atoms with Gasteiger partial charge in [0.1, 0.15) is 5.75 Å². The molecule has 1 atom stereocenters. The molecule has 0 fully saturated rings. The summed E-state index contributed by atoms with van der Waals surface area (Å²) in [6, 6.07) is 8.06. The first kappa shape index (κ1) is 12.8. The second-order valence-corrected chi connectivity index (χ2v) is 4.48. The monoisotopic (exact) mass is 320 g/mol. The molecule has 0 aliphatic carbocycles. The van der Waals surface area contributed by atoms with Crippen molar-refractivity contribution in [1.29, 1.82) is 0 Å². The summed E-state index contributed by atoms with van der Waals surface area (Å²) in [5, 5.41) is 0. The lowest BCUT2D eigenvalue weighted by molar-refractivity contribution is 0.0224. The summed E-state index contributed by atoms with van der Waals surface area (Å²) in [4.78, 5) is 0. The molecule has 1 aromatic carbocycles. The molecule has 0 heterocycles. The van der Waals surface area contributed by atoms with Crippen LogP contribution in [0.25, 0.3) is 0 Å². The third kappa shape index (κ3) is 3.99. The fourth-order valence-electron chi connectivity index (χ4n) is 1.35. The normalized spacial score (nSPS) is 12.9. The van der Waals surface area contributed by atoms with E-state index < -0.39 is 0 Å². The Bertz CT molecular complexity index is 282. The largest absolute Gasteiger partial charge is 0.497 e. The fourth-order valence-corrected chi connectivity index (χ4v) is 2.07. The average Bonchev–Trinajstić information content (AvgIpc) is 2.26. The molecule has 2 nitrogen and oxygen atoms in total. The highest BCUT2D eigenvalue weighted by atomic mass is 127. The van der Waals surface area contributed by atoms with Crippen LogP contribution in [0.4, 0.5) is 0 Å². The third-order valence-electron chi connectivity index (χ3n) is 2.06. The van der Waals surface area contributed by atoms with Crippen LogP contribution >= 0.6 is 22.6 Å². The molecule has 0 aliphatic rings. The minimum atomic E-state index is 0.177. The van der Waals surface area contributed by atoms with E-state index in [1.807, 2.05) is 12.1 Å². The van der Waals surface area contributed by atoms with Gasteiger partial charge < -0.3 is 9.47 Å². The number of halogens is 1. The number of hydrogen-bond acceptors (Lipinski definition) is 2. The molecule has 0 saturated carbocycles. The topological polar surface area (TPSA) is 18.5 Å². The molecule has 0 bridgehead atoms. The molecule has 3 heteroatoms. The molecular weight excluding hydrogens is 303 g/mol. The molecule has 0 amide bonds. The third-order valence-corrected chi connectivity index (χ3v) is 2.86. The van der Waals surface area contributed by atoms with Crippen LogP contribution in [-0.2, 0) is 4.74 Å². The van der Waals surface area contributed by atoms with E-state index in [-0.39, 0.29) is 12.2 Å². The van der Waals surface area contributed by atoms with Crippen molar-refractivity contribution in [3.63, 3.8) is 0 Å². The van der Waals surface area contributed by atoms with Crippen LogP contribution in [0.5, 0.6) is 5.75 Å². The minimum Gasteiger partial charge on any atom is -0.497 e. The zero-order chi connectivity index (χ0) is 11.3. The van der Waals surface area contributed by atoms with Crippen LogP contribution in [-0.4, -0.2) is 17.6 Å². The van der Waals surface area contributed by atoms with Gasteiger partial charge in [0.2, 0.25) is 0 Å². The molecule has 0 saturated heterocycles. The standard InChI is InChI=1S/C12H17IO2/c1-9(2)15-12(8-13)10-4-6-11(14-3)7-5-10/h4-7,9,12H,8H2,1-3H3. The van der Waals surface area contributed by atoms with Crippen molar-refractivity contribution in [2.45, 2.75) is 26.1 Å². The Labute approximate surface area is 105 Å². The highest BCUT2D eigenvalue weighted by Gasteiger charge is 2.11. The maximum atomic E-state index is 5.81. The van der Waals surface area contributed by atoms with Gasteiger partial charge in [-0.3, -0.25) is 0 Å². The summed E-state index contributed by atoms with van der Waals surface area (Å²) in [5.74, 6) is 0.885. The van der Waals surface area contributed by atoms with Crippen molar-refractivity contribution in [2.24, 2.45) is 0 Å². The Hall–Kier alpha value is -0.290. The Balaban J connectivity index is 2.74. The quantitative estimate of drug-likeness (QED) is 0.610. The smallest absolute Gasteiger partial charge is 0.118 e. The second kappa shape index (κ2) is 6.33. The van der Waals surface area contributed by atoms with E-state index in [4.69, 9.17) is 9.47 Å². The van der Waals surface area contributed by atoms with E-state index in [1.165, 1.54) is 5.56 Å². The number of rotatable bonds is 5. The lowest BCUT2D eigenvalue weighted by Crippen LogP contribution is -2.11. The van der Waals surface area contributed by atoms with Gasteiger partial charge in [0.15, 0.2) is 0 Å². The van der Waals surface area contributed by atoms with Crippen LogP contribution in [0.15, 0.2) is 24.3 Å². The molecular formula is C12H17IO2. The Morgan fingerprint density at radius 3 is 2.20 bits per heavy atom. The summed E-state index contributed by atoms with van der Waals surface area (Å²) in [7, 11) is 1.68. The van der Waals surface area contributed by atoms with Gasteiger partial charge in [-0.1, -0.05) is 34.7 Å². The molecule has 0 aromatic heterocycles. The zero-order valence-corrected chi connectivity index (χ0v) is 11.5. The van der Waals surface area contributed by atoms with Crippen molar-refractivity contribution >= 4 is 22.6 Å². The maximum absolute atomic E-state index is 5.81. The van der Waals surface area contributed by atoms with Gasteiger partial charge in [0, 0.05) is 4.43 Å². The summed E-state index contributed by atoms with van der Waals surface area (Å²) in [5.41, 5.74) is 1.21. The van der Waals surface area contributed by atoms with Gasteiger partial charge >= 0.3 is 0 Å². The van der Waals surface area contributed by atoms with Crippen LogP contribution in [0.3, 0.4) is 0 Å². The summed E-state index contributed by atoms with van der Waals surface area (Å²) in [6.07, 6.45) is 0.434. The van der Waals surface area contributed by atoms with Crippen molar-refractivity contribution in [3.05, 3.63) is 29.8 Å². The SMILES string of the molecule is COc1ccc(C(CI)OC(C)C)cc1. The highest BCUT2D eigenvalue weighted by Crippen LogP contribution is 2.23. The Morgan fingerprint density at radius 2 is 1.80 bits per heavy atom. The molecule has 1 rings (SSSR count). The van der Waals surface area contributed by atoms with Gasteiger partial charge in [0.25, 0.3) is 0 Å². The fraction of sp³-hybridized carbons (Fsp3) is 0.500. The van der Waals surface area contributed by atoms with Crippen molar-refractivity contribution < 1.29 is 9.47 Å². The minimum absolute atomic E-state index is 0.177.